The average molecular weight is 244 g/mol. The second-order valence-electron chi connectivity index (χ2n) is 4.34. The highest BCUT2D eigenvalue weighted by Crippen LogP contribution is 2.10. The Morgan fingerprint density at radius 2 is 1.94 bits per heavy atom. The van der Waals surface area contributed by atoms with Crippen LogP contribution >= 0.6 is 0 Å². The summed E-state index contributed by atoms with van der Waals surface area (Å²) in [5.41, 5.74) is 9.39. The van der Waals surface area contributed by atoms with Crippen molar-refractivity contribution in [2.24, 2.45) is 22.5 Å². The zero-order valence-electron chi connectivity index (χ0n) is 10.4. The Morgan fingerprint density at radius 3 is 2.29 bits per heavy atom. The van der Waals surface area contributed by atoms with E-state index in [1.54, 1.807) is 0 Å². The Hall–Kier alpha value is -1.79. The van der Waals surface area contributed by atoms with Gasteiger partial charge in [-0.1, -0.05) is 18.5 Å². The third-order valence-corrected chi connectivity index (χ3v) is 2.42. The van der Waals surface area contributed by atoms with Gasteiger partial charge in [-0.2, -0.15) is 0 Å². The fourth-order valence-corrected chi connectivity index (χ4v) is 1.23. The second kappa shape index (κ2) is 6.07. The monoisotopic (exact) mass is 244 g/mol. The van der Waals surface area contributed by atoms with E-state index in [9.17, 15) is 9.59 Å². The summed E-state index contributed by atoms with van der Waals surface area (Å²) < 4.78 is 0. The molecule has 7 nitrogen and oxygen atoms in total. The molecule has 0 aromatic heterocycles. The van der Waals surface area contributed by atoms with Crippen molar-refractivity contribution in [3.63, 3.8) is 0 Å². The van der Waals surface area contributed by atoms with E-state index in [1.807, 2.05) is 6.92 Å². The Morgan fingerprint density at radius 1 is 1.41 bits per heavy atom. The topological polar surface area (TPSA) is 131 Å². The number of nitrogens with one attached hydrogen (secondary N) is 1. The van der Waals surface area contributed by atoms with Gasteiger partial charge < -0.3 is 22.0 Å². The number of hydrogen-bond donors (Lipinski definition) is 4. The zero-order valence-corrected chi connectivity index (χ0v) is 10.4. The first-order valence-corrected chi connectivity index (χ1v) is 5.35. The van der Waals surface area contributed by atoms with Gasteiger partial charge in [0, 0.05) is 0 Å². The molecule has 0 aromatic carbocycles. The third kappa shape index (κ3) is 4.29. The maximum Gasteiger partial charge on any atom is 0.242 e. The number of amides is 2. The van der Waals surface area contributed by atoms with Gasteiger partial charge in [0.05, 0.1) is 5.92 Å². The van der Waals surface area contributed by atoms with E-state index < -0.39 is 23.3 Å². The fraction of sp³-hybridized carbons (Fsp3) is 0.700. The summed E-state index contributed by atoms with van der Waals surface area (Å²) in [5.74, 6) is -2.07. The van der Waals surface area contributed by atoms with Crippen molar-refractivity contribution >= 4 is 17.6 Å². The SMILES string of the molecule is CCCC(C(=O)NC(C)(C)C(N)=O)C(N)=NO. The molecule has 0 aliphatic heterocycles. The van der Waals surface area contributed by atoms with Gasteiger partial charge in [0.15, 0.2) is 5.84 Å². The summed E-state index contributed by atoms with van der Waals surface area (Å²) in [5, 5.41) is 13.9. The lowest BCUT2D eigenvalue weighted by Crippen LogP contribution is -2.55. The molecule has 0 aliphatic carbocycles. The lowest BCUT2D eigenvalue weighted by molar-refractivity contribution is -0.131. The summed E-state index contributed by atoms with van der Waals surface area (Å²) in [7, 11) is 0. The van der Waals surface area contributed by atoms with E-state index in [0.717, 1.165) is 0 Å². The van der Waals surface area contributed by atoms with E-state index in [-0.39, 0.29) is 5.84 Å². The van der Waals surface area contributed by atoms with Gasteiger partial charge >= 0.3 is 0 Å². The van der Waals surface area contributed by atoms with Gasteiger partial charge in [0.25, 0.3) is 0 Å². The summed E-state index contributed by atoms with van der Waals surface area (Å²) in [6.45, 7) is 4.84. The molecule has 7 heteroatoms. The first-order chi connectivity index (χ1) is 7.76. The lowest BCUT2D eigenvalue weighted by atomic mass is 9.98. The van der Waals surface area contributed by atoms with Gasteiger partial charge in [-0.15, -0.1) is 0 Å². The van der Waals surface area contributed by atoms with Crippen LogP contribution in [0.5, 0.6) is 0 Å². The van der Waals surface area contributed by atoms with Crippen LogP contribution < -0.4 is 16.8 Å². The number of primary amides is 1. The molecule has 0 aromatic rings. The van der Waals surface area contributed by atoms with Crippen LogP contribution in [0, 0.1) is 5.92 Å². The van der Waals surface area contributed by atoms with Crippen LogP contribution in [0.1, 0.15) is 33.6 Å². The number of carbonyl (C=O) groups is 2. The van der Waals surface area contributed by atoms with E-state index in [0.29, 0.717) is 12.8 Å². The van der Waals surface area contributed by atoms with Crippen LogP contribution in [0.3, 0.4) is 0 Å². The molecule has 0 radical (unpaired) electrons. The molecule has 0 fully saturated rings. The number of rotatable bonds is 6. The molecule has 0 rings (SSSR count). The summed E-state index contributed by atoms with van der Waals surface area (Å²) >= 11 is 0. The molecule has 0 aliphatic rings. The standard InChI is InChI=1S/C10H20N4O3/c1-4-5-6(7(11)14-17)8(15)13-10(2,3)9(12)16/h6,17H,4-5H2,1-3H3,(H2,11,14)(H2,12,16)(H,13,15). The third-order valence-electron chi connectivity index (χ3n) is 2.42. The van der Waals surface area contributed by atoms with Gasteiger partial charge in [-0.05, 0) is 20.3 Å². The number of nitrogens with two attached hydrogens (primary N) is 2. The molecular weight excluding hydrogens is 224 g/mol. The summed E-state index contributed by atoms with van der Waals surface area (Å²) in [6, 6.07) is 0. The van der Waals surface area contributed by atoms with Gasteiger partial charge in [-0.25, -0.2) is 0 Å². The first-order valence-electron chi connectivity index (χ1n) is 5.35. The van der Waals surface area contributed by atoms with Crippen LogP contribution in [0.4, 0.5) is 0 Å². The Kier molecular flexibility index (Phi) is 5.43. The quantitative estimate of drug-likeness (QED) is 0.218. The molecular formula is C10H20N4O3. The lowest BCUT2D eigenvalue weighted by Gasteiger charge is -2.25. The molecule has 2 amide bonds. The molecule has 0 spiro atoms. The van der Waals surface area contributed by atoms with Crippen molar-refractivity contribution in [3.8, 4) is 0 Å². The Balaban J connectivity index is 4.82. The van der Waals surface area contributed by atoms with E-state index in [4.69, 9.17) is 16.7 Å². The smallest absolute Gasteiger partial charge is 0.242 e. The predicted octanol–water partition coefficient (Wildman–Crippen LogP) is -0.471. The molecule has 0 heterocycles. The molecule has 98 valence electrons. The molecule has 17 heavy (non-hydrogen) atoms. The van der Waals surface area contributed by atoms with E-state index in [1.165, 1.54) is 13.8 Å². The molecule has 0 saturated heterocycles. The summed E-state index contributed by atoms with van der Waals surface area (Å²) in [6.07, 6.45) is 1.11. The number of oxime groups is 1. The van der Waals surface area contributed by atoms with Crippen LogP contribution in [0.25, 0.3) is 0 Å². The molecule has 0 bridgehead atoms. The van der Waals surface area contributed by atoms with Crippen molar-refractivity contribution in [1.29, 1.82) is 0 Å². The molecule has 1 atom stereocenters. The molecule has 0 saturated carbocycles. The van der Waals surface area contributed by atoms with Crippen LogP contribution in [0.15, 0.2) is 5.16 Å². The number of carbonyl (C=O) groups excluding carboxylic acids is 2. The van der Waals surface area contributed by atoms with Crippen molar-refractivity contribution in [1.82, 2.24) is 5.32 Å². The number of amidine groups is 1. The predicted molar refractivity (Wildman–Crippen MR) is 63.2 cm³/mol. The maximum atomic E-state index is 11.9. The van der Waals surface area contributed by atoms with Crippen molar-refractivity contribution in [2.45, 2.75) is 39.2 Å². The van der Waals surface area contributed by atoms with Crippen molar-refractivity contribution in [3.05, 3.63) is 0 Å². The fourth-order valence-electron chi connectivity index (χ4n) is 1.23. The molecule has 1 unspecified atom stereocenters. The maximum absolute atomic E-state index is 11.9. The average Bonchev–Trinajstić information content (AvgIpc) is 2.23. The highest BCUT2D eigenvalue weighted by Gasteiger charge is 2.31. The number of nitrogens with zero attached hydrogens (tertiary/aromatic N) is 1. The zero-order chi connectivity index (χ0) is 13.6. The number of hydrogen-bond acceptors (Lipinski definition) is 4. The van der Waals surface area contributed by atoms with E-state index in [2.05, 4.69) is 10.5 Å². The Bertz CT molecular complexity index is 326. The first kappa shape index (κ1) is 15.2. The van der Waals surface area contributed by atoms with Crippen LogP contribution in [0.2, 0.25) is 0 Å². The van der Waals surface area contributed by atoms with Crippen LogP contribution in [-0.2, 0) is 9.59 Å². The van der Waals surface area contributed by atoms with Gasteiger partial charge in [-0.3, -0.25) is 9.59 Å². The normalized spacial score (nSPS) is 14.2. The Labute approximate surface area is 100 Å². The largest absolute Gasteiger partial charge is 0.409 e. The van der Waals surface area contributed by atoms with Crippen LogP contribution in [-0.4, -0.2) is 28.4 Å². The van der Waals surface area contributed by atoms with Gasteiger partial charge in [0.2, 0.25) is 11.8 Å². The minimum absolute atomic E-state index is 0.176. The minimum atomic E-state index is -1.17. The molecule has 6 N–H and O–H groups in total. The van der Waals surface area contributed by atoms with Crippen molar-refractivity contribution in [2.75, 3.05) is 0 Å². The minimum Gasteiger partial charge on any atom is -0.409 e. The van der Waals surface area contributed by atoms with E-state index >= 15 is 0 Å². The summed E-state index contributed by atoms with van der Waals surface area (Å²) in [4.78, 5) is 22.9. The van der Waals surface area contributed by atoms with Crippen molar-refractivity contribution < 1.29 is 14.8 Å². The van der Waals surface area contributed by atoms with Gasteiger partial charge in [0.1, 0.15) is 5.54 Å². The highest BCUT2D eigenvalue weighted by atomic mass is 16.4. The second-order valence-corrected chi connectivity index (χ2v) is 4.34. The highest BCUT2D eigenvalue weighted by molar-refractivity contribution is 6.03.